The molecule has 0 spiro atoms. The molecule has 0 saturated heterocycles. The van der Waals surface area contributed by atoms with Crippen molar-refractivity contribution < 1.29 is 4.79 Å². The summed E-state index contributed by atoms with van der Waals surface area (Å²) in [5.41, 5.74) is 3.32. The van der Waals surface area contributed by atoms with Gasteiger partial charge in [0.2, 0.25) is 0 Å². The quantitative estimate of drug-likeness (QED) is 0.885. The average Bonchev–Trinajstić information content (AvgIpc) is 2.36. The van der Waals surface area contributed by atoms with Gasteiger partial charge in [-0.2, -0.15) is 0 Å². The first-order valence-electron chi connectivity index (χ1n) is 6.16. The molecule has 4 heteroatoms. The first-order valence-corrected chi connectivity index (χ1v) is 6.16. The zero-order chi connectivity index (χ0) is 13.7. The second-order valence-electron chi connectivity index (χ2n) is 4.52. The second-order valence-corrected chi connectivity index (χ2v) is 4.52. The molecule has 98 valence electrons. The van der Waals surface area contributed by atoms with Crippen LogP contribution in [0.1, 0.15) is 16.7 Å². The first-order chi connectivity index (χ1) is 9.13. The van der Waals surface area contributed by atoms with E-state index in [-0.39, 0.29) is 6.03 Å². The van der Waals surface area contributed by atoms with Crippen molar-refractivity contribution in [2.24, 2.45) is 0 Å². The molecule has 0 atom stereocenters. The normalized spacial score (nSPS) is 10.0. The number of urea groups is 1. The molecule has 2 rings (SSSR count). The molecule has 0 radical (unpaired) electrons. The van der Waals surface area contributed by atoms with Crippen LogP contribution in [0.2, 0.25) is 0 Å². The van der Waals surface area contributed by atoms with Gasteiger partial charge in [-0.05, 0) is 37.1 Å². The minimum absolute atomic E-state index is 0.250. The Kier molecular flexibility index (Phi) is 4.13. The van der Waals surface area contributed by atoms with Crippen molar-refractivity contribution in [3.05, 3.63) is 59.3 Å². The molecule has 1 aromatic heterocycles. The number of carbonyl (C=O) groups excluding carboxylic acids is 1. The van der Waals surface area contributed by atoms with Crippen LogP contribution in [-0.2, 0) is 6.54 Å². The van der Waals surface area contributed by atoms with Crippen LogP contribution in [0.3, 0.4) is 0 Å². The van der Waals surface area contributed by atoms with Crippen molar-refractivity contribution in [1.29, 1.82) is 0 Å². The van der Waals surface area contributed by atoms with Gasteiger partial charge in [-0.25, -0.2) is 9.78 Å². The summed E-state index contributed by atoms with van der Waals surface area (Å²) in [4.78, 5) is 15.8. The Bertz CT molecular complexity index is 581. The topological polar surface area (TPSA) is 54.0 Å². The zero-order valence-corrected chi connectivity index (χ0v) is 11.1. The fourth-order valence-electron chi connectivity index (χ4n) is 1.77. The number of rotatable bonds is 3. The number of benzene rings is 1. The molecule has 1 aromatic carbocycles. The van der Waals surface area contributed by atoms with Crippen LogP contribution in [0.4, 0.5) is 10.6 Å². The lowest BCUT2D eigenvalue weighted by Gasteiger charge is -2.08. The Labute approximate surface area is 112 Å². The second kappa shape index (κ2) is 6.00. The van der Waals surface area contributed by atoms with Gasteiger partial charge in [0.1, 0.15) is 5.82 Å². The molecule has 19 heavy (non-hydrogen) atoms. The largest absolute Gasteiger partial charge is 0.334 e. The molecule has 1 heterocycles. The monoisotopic (exact) mass is 255 g/mol. The SMILES string of the molecule is Cc1cccc(CNC(=O)Nc2cc(C)ccn2)c1. The molecule has 2 aromatic rings. The Morgan fingerprint density at radius 2 is 1.95 bits per heavy atom. The summed E-state index contributed by atoms with van der Waals surface area (Å²) in [5, 5.41) is 5.51. The number of aromatic nitrogens is 1. The third kappa shape index (κ3) is 4.10. The lowest BCUT2D eigenvalue weighted by molar-refractivity contribution is 0.251. The number of amides is 2. The van der Waals surface area contributed by atoms with Crippen LogP contribution in [0, 0.1) is 13.8 Å². The van der Waals surface area contributed by atoms with Crippen LogP contribution < -0.4 is 10.6 Å². The van der Waals surface area contributed by atoms with Gasteiger partial charge in [0.05, 0.1) is 0 Å². The molecule has 2 amide bonds. The molecule has 4 nitrogen and oxygen atoms in total. The zero-order valence-electron chi connectivity index (χ0n) is 11.1. The van der Waals surface area contributed by atoms with Crippen LogP contribution in [0.5, 0.6) is 0 Å². The third-order valence-electron chi connectivity index (χ3n) is 2.69. The maximum Gasteiger partial charge on any atom is 0.320 e. The molecule has 2 N–H and O–H groups in total. The van der Waals surface area contributed by atoms with Gasteiger partial charge in [-0.3, -0.25) is 5.32 Å². The van der Waals surface area contributed by atoms with Gasteiger partial charge in [-0.15, -0.1) is 0 Å². The average molecular weight is 255 g/mol. The first kappa shape index (κ1) is 13.1. The van der Waals surface area contributed by atoms with Crippen molar-refractivity contribution in [3.63, 3.8) is 0 Å². The van der Waals surface area contributed by atoms with Gasteiger partial charge in [0.25, 0.3) is 0 Å². The highest BCUT2D eigenvalue weighted by molar-refractivity contribution is 5.88. The lowest BCUT2D eigenvalue weighted by atomic mass is 10.1. The maximum absolute atomic E-state index is 11.7. The molecule has 0 bridgehead atoms. The van der Waals surface area contributed by atoms with E-state index < -0.39 is 0 Å². The molecule has 0 aliphatic rings. The Morgan fingerprint density at radius 1 is 1.16 bits per heavy atom. The van der Waals surface area contributed by atoms with E-state index >= 15 is 0 Å². The highest BCUT2D eigenvalue weighted by Crippen LogP contribution is 2.06. The molecule has 0 saturated carbocycles. The Balaban J connectivity index is 1.88. The highest BCUT2D eigenvalue weighted by Gasteiger charge is 2.02. The molecule has 0 aliphatic carbocycles. The molecule has 0 unspecified atom stereocenters. The van der Waals surface area contributed by atoms with Crippen molar-refractivity contribution in [1.82, 2.24) is 10.3 Å². The summed E-state index contributed by atoms with van der Waals surface area (Å²) in [6.07, 6.45) is 1.67. The maximum atomic E-state index is 11.7. The summed E-state index contributed by atoms with van der Waals surface area (Å²) >= 11 is 0. The minimum Gasteiger partial charge on any atom is -0.334 e. The number of hydrogen-bond donors (Lipinski definition) is 2. The predicted molar refractivity (Wildman–Crippen MR) is 76.0 cm³/mol. The predicted octanol–water partition coefficient (Wildman–Crippen LogP) is 3.02. The Morgan fingerprint density at radius 3 is 2.68 bits per heavy atom. The molecular formula is C15H17N3O. The van der Waals surface area contributed by atoms with Crippen LogP contribution in [0.15, 0.2) is 42.6 Å². The number of anilines is 1. The number of aryl methyl sites for hydroxylation is 2. The van der Waals surface area contributed by atoms with E-state index in [0.29, 0.717) is 12.4 Å². The van der Waals surface area contributed by atoms with Gasteiger partial charge in [-0.1, -0.05) is 29.8 Å². The standard InChI is InChI=1S/C15H17N3O/c1-11-4-3-5-13(8-11)10-17-15(19)18-14-9-12(2)6-7-16-14/h3-9H,10H2,1-2H3,(H2,16,17,18,19). The Hall–Kier alpha value is -2.36. The fourth-order valence-corrected chi connectivity index (χ4v) is 1.77. The van der Waals surface area contributed by atoms with Gasteiger partial charge < -0.3 is 5.32 Å². The summed E-state index contributed by atoms with van der Waals surface area (Å²) in [7, 11) is 0. The van der Waals surface area contributed by atoms with Crippen molar-refractivity contribution in [2.45, 2.75) is 20.4 Å². The number of carbonyl (C=O) groups is 1. The minimum atomic E-state index is -0.250. The van der Waals surface area contributed by atoms with E-state index in [0.717, 1.165) is 11.1 Å². The van der Waals surface area contributed by atoms with Crippen molar-refractivity contribution >= 4 is 11.8 Å². The lowest BCUT2D eigenvalue weighted by Crippen LogP contribution is -2.28. The van der Waals surface area contributed by atoms with Gasteiger partial charge in [0, 0.05) is 12.7 Å². The van der Waals surface area contributed by atoms with Crippen LogP contribution >= 0.6 is 0 Å². The fraction of sp³-hybridized carbons (Fsp3) is 0.200. The van der Waals surface area contributed by atoms with E-state index in [2.05, 4.69) is 15.6 Å². The highest BCUT2D eigenvalue weighted by atomic mass is 16.2. The smallest absolute Gasteiger partial charge is 0.320 e. The van der Waals surface area contributed by atoms with Crippen molar-refractivity contribution in [2.75, 3.05) is 5.32 Å². The number of pyridine rings is 1. The molecule has 0 fully saturated rings. The number of hydrogen-bond acceptors (Lipinski definition) is 2. The van der Waals surface area contributed by atoms with E-state index in [9.17, 15) is 4.79 Å². The van der Waals surface area contributed by atoms with E-state index in [4.69, 9.17) is 0 Å². The number of nitrogens with one attached hydrogen (secondary N) is 2. The molecular weight excluding hydrogens is 238 g/mol. The summed E-state index contributed by atoms with van der Waals surface area (Å²) in [6.45, 7) is 4.48. The molecule has 0 aliphatic heterocycles. The van der Waals surface area contributed by atoms with Gasteiger partial charge >= 0.3 is 6.03 Å². The summed E-state index contributed by atoms with van der Waals surface area (Å²) in [5.74, 6) is 0.557. The summed E-state index contributed by atoms with van der Waals surface area (Å²) < 4.78 is 0. The van der Waals surface area contributed by atoms with E-state index in [1.165, 1.54) is 5.56 Å². The number of nitrogens with zero attached hydrogens (tertiary/aromatic N) is 1. The third-order valence-corrected chi connectivity index (χ3v) is 2.69. The summed E-state index contributed by atoms with van der Waals surface area (Å²) in [6, 6.07) is 11.5. The van der Waals surface area contributed by atoms with E-state index in [1.807, 2.05) is 50.2 Å². The van der Waals surface area contributed by atoms with Gasteiger partial charge in [0.15, 0.2) is 0 Å². The van der Waals surface area contributed by atoms with E-state index in [1.54, 1.807) is 6.20 Å². The van der Waals surface area contributed by atoms with Crippen LogP contribution in [-0.4, -0.2) is 11.0 Å². The van der Waals surface area contributed by atoms with Crippen LogP contribution in [0.25, 0.3) is 0 Å². The van der Waals surface area contributed by atoms with Crippen molar-refractivity contribution in [3.8, 4) is 0 Å².